The van der Waals surface area contributed by atoms with Crippen molar-refractivity contribution in [3.05, 3.63) is 42.1 Å². The maximum Gasteiger partial charge on any atom is 0.375 e. The highest BCUT2D eigenvalue weighted by atomic mass is 32.2. The predicted octanol–water partition coefficient (Wildman–Crippen LogP) is 3.88. The summed E-state index contributed by atoms with van der Waals surface area (Å²) < 4.78 is 111. The third kappa shape index (κ3) is 3.95. The highest BCUT2D eigenvalue weighted by Gasteiger charge is 2.67. The van der Waals surface area contributed by atoms with Gasteiger partial charge >= 0.3 is 18.3 Å². The van der Waals surface area contributed by atoms with Gasteiger partial charge in [-0.25, -0.2) is 17.2 Å². The number of aromatic nitrogens is 3. The van der Waals surface area contributed by atoms with E-state index in [2.05, 4.69) is 16.8 Å². The molecule has 2 rings (SSSR count). The van der Waals surface area contributed by atoms with E-state index in [-0.39, 0.29) is 11.4 Å². The van der Waals surface area contributed by atoms with Gasteiger partial charge in [-0.05, 0) is 32.6 Å². The minimum Gasteiger partial charge on any atom is -0.477 e. The van der Waals surface area contributed by atoms with Crippen molar-refractivity contribution >= 4 is 15.7 Å². The molecule has 0 saturated heterocycles. The second-order valence-corrected chi connectivity index (χ2v) is 7.65. The topological polar surface area (TPSA) is 74.1 Å². The van der Waals surface area contributed by atoms with Crippen LogP contribution in [0.15, 0.2) is 40.8 Å². The lowest BCUT2D eigenvalue weighted by molar-refractivity contribution is -0.273. The highest BCUT2D eigenvalue weighted by molar-refractivity contribution is 7.91. The van der Waals surface area contributed by atoms with E-state index in [0.717, 1.165) is 12.1 Å². The number of hydrogen-bond acceptors (Lipinski definition) is 5. The Labute approximate surface area is 161 Å². The standard InChI is InChI=1S/C16H15F6N3O3S/c1-4-28-10(3)25-23-12(15(19,20)16(21,22)14(17)18)13(24-25)29(26,27)11-7-5-9(2)6-8-11/h5-8,14H,3-4H2,1-2H3. The van der Waals surface area contributed by atoms with Crippen LogP contribution in [0.5, 0.6) is 0 Å². The summed E-state index contributed by atoms with van der Waals surface area (Å²) in [6.45, 7) is 6.26. The number of aryl methyl sites for hydroxylation is 1. The van der Waals surface area contributed by atoms with Crippen LogP contribution in [0.1, 0.15) is 18.2 Å². The van der Waals surface area contributed by atoms with Crippen molar-refractivity contribution in [1.29, 1.82) is 0 Å². The molecule has 13 heteroatoms. The van der Waals surface area contributed by atoms with E-state index in [9.17, 15) is 34.8 Å². The summed E-state index contributed by atoms with van der Waals surface area (Å²) in [5.41, 5.74) is -1.53. The normalized spacial score (nSPS) is 13.0. The van der Waals surface area contributed by atoms with Gasteiger partial charge in [0.1, 0.15) is 0 Å². The average molecular weight is 443 g/mol. The van der Waals surface area contributed by atoms with Crippen molar-refractivity contribution in [3.63, 3.8) is 0 Å². The van der Waals surface area contributed by atoms with Crippen LogP contribution in [0.25, 0.3) is 5.88 Å². The van der Waals surface area contributed by atoms with Gasteiger partial charge in [-0.15, -0.1) is 15.0 Å². The molecular formula is C16H15F6N3O3S. The molecule has 0 saturated carbocycles. The predicted molar refractivity (Wildman–Crippen MR) is 88.5 cm³/mol. The Kier molecular flexibility index (Phi) is 6.02. The SMILES string of the molecule is C=C(OCC)n1nc(C(F)(F)C(F)(F)C(F)F)c(S(=O)(=O)c2ccc(C)cc2)n1. The molecule has 0 atom stereocenters. The zero-order chi connectivity index (χ0) is 22.2. The largest absolute Gasteiger partial charge is 0.477 e. The van der Waals surface area contributed by atoms with Crippen molar-refractivity contribution in [2.75, 3.05) is 6.61 Å². The quantitative estimate of drug-likeness (QED) is 0.457. The van der Waals surface area contributed by atoms with Gasteiger partial charge in [0.15, 0.2) is 5.69 Å². The number of rotatable bonds is 8. The van der Waals surface area contributed by atoms with Gasteiger partial charge in [0.05, 0.1) is 11.5 Å². The lowest BCUT2D eigenvalue weighted by atomic mass is 10.1. The molecule has 1 heterocycles. The fraction of sp³-hybridized carbons (Fsp3) is 0.375. The van der Waals surface area contributed by atoms with Gasteiger partial charge in [-0.1, -0.05) is 17.7 Å². The summed E-state index contributed by atoms with van der Waals surface area (Å²) in [6, 6.07) is 4.69. The van der Waals surface area contributed by atoms with Crippen LogP contribution in [0, 0.1) is 6.92 Å². The van der Waals surface area contributed by atoms with Crippen LogP contribution in [0.4, 0.5) is 26.3 Å². The zero-order valence-electron chi connectivity index (χ0n) is 15.0. The highest BCUT2D eigenvalue weighted by Crippen LogP contribution is 2.47. The molecule has 160 valence electrons. The van der Waals surface area contributed by atoms with Gasteiger partial charge in [-0.3, -0.25) is 0 Å². The molecule has 6 nitrogen and oxygen atoms in total. The first-order chi connectivity index (χ1) is 13.3. The summed E-state index contributed by atoms with van der Waals surface area (Å²) in [5, 5.41) is 4.65. The van der Waals surface area contributed by atoms with Crippen LogP contribution in [0.3, 0.4) is 0 Å². The maximum absolute atomic E-state index is 14.3. The molecule has 0 unspecified atom stereocenters. The minimum atomic E-state index is -5.92. The number of halogens is 6. The number of alkyl halides is 6. The Balaban J connectivity index is 2.77. The Bertz CT molecular complexity index is 1000. The van der Waals surface area contributed by atoms with Crippen LogP contribution in [0.2, 0.25) is 0 Å². The number of sulfone groups is 1. The van der Waals surface area contributed by atoms with E-state index in [0.29, 0.717) is 5.56 Å². The fourth-order valence-corrected chi connectivity index (χ4v) is 3.46. The molecule has 0 spiro atoms. The molecule has 2 aromatic rings. The van der Waals surface area contributed by atoms with Gasteiger partial charge in [-0.2, -0.15) is 17.6 Å². The Hall–Kier alpha value is -2.57. The molecule has 1 aromatic heterocycles. The van der Waals surface area contributed by atoms with Crippen LogP contribution >= 0.6 is 0 Å². The van der Waals surface area contributed by atoms with Gasteiger partial charge in [0, 0.05) is 0 Å². The van der Waals surface area contributed by atoms with Gasteiger partial charge < -0.3 is 4.74 Å². The van der Waals surface area contributed by atoms with Crippen molar-refractivity contribution in [2.45, 2.75) is 42.0 Å². The second kappa shape index (κ2) is 7.69. The van der Waals surface area contributed by atoms with Crippen molar-refractivity contribution in [1.82, 2.24) is 15.0 Å². The first-order valence-electron chi connectivity index (χ1n) is 7.92. The van der Waals surface area contributed by atoms with Crippen LogP contribution in [-0.2, 0) is 20.5 Å². The summed E-state index contributed by atoms with van der Waals surface area (Å²) >= 11 is 0. The van der Waals surface area contributed by atoms with Crippen molar-refractivity contribution < 1.29 is 39.5 Å². The van der Waals surface area contributed by atoms with Crippen molar-refractivity contribution in [2.24, 2.45) is 0 Å². The third-order valence-corrected chi connectivity index (χ3v) is 5.37. The number of benzene rings is 1. The summed E-state index contributed by atoms with van der Waals surface area (Å²) in [5.74, 6) is -12.2. The van der Waals surface area contributed by atoms with Crippen LogP contribution < -0.4 is 0 Å². The van der Waals surface area contributed by atoms with Gasteiger partial charge in [0.2, 0.25) is 20.7 Å². The third-order valence-electron chi connectivity index (χ3n) is 3.69. The fourth-order valence-electron chi connectivity index (χ4n) is 2.13. The molecule has 0 amide bonds. The Morgan fingerprint density at radius 2 is 1.72 bits per heavy atom. The number of nitrogens with zero attached hydrogens (tertiary/aromatic N) is 3. The summed E-state index contributed by atoms with van der Waals surface area (Å²) in [6.07, 6.45) is -4.80. The molecule has 29 heavy (non-hydrogen) atoms. The first-order valence-corrected chi connectivity index (χ1v) is 9.40. The lowest BCUT2D eigenvalue weighted by Crippen LogP contribution is -2.45. The lowest BCUT2D eigenvalue weighted by Gasteiger charge is -2.24. The monoisotopic (exact) mass is 443 g/mol. The van der Waals surface area contributed by atoms with E-state index < -0.39 is 49.6 Å². The van der Waals surface area contributed by atoms with Gasteiger partial charge in [0.25, 0.3) is 0 Å². The van der Waals surface area contributed by atoms with E-state index in [1.54, 1.807) is 6.92 Å². The molecule has 0 bridgehead atoms. The van der Waals surface area contributed by atoms with E-state index >= 15 is 0 Å². The van der Waals surface area contributed by atoms with E-state index in [1.165, 1.54) is 19.1 Å². The molecule has 0 aliphatic carbocycles. The van der Waals surface area contributed by atoms with Crippen LogP contribution in [-0.4, -0.2) is 42.4 Å². The first kappa shape index (κ1) is 22.7. The summed E-state index contributed by atoms with van der Waals surface area (Å²) in [4.78, 5) is -0.440. The molecule has 0 N–H and O–H groups in total. The van der Waals surface area contributed by atoms with E-state index in [1.807, 2.05) is 0 Å². The summed E-state index contributed by atoms with van der Waals surface area (Å²) in [7, 11) is -4.93. The smallest absolute Gasteiger partial charge is 0.375 e. The molecule has 1 aromatic carbocycles. The second-order valence-electron chi connectivity index (χ2n) is 5.78. The Morgan fingerprint density at radius 3 is 2.21 bits per heavy atom. The Morgan fingerprint density at radius 1 is 1.17 bits per heavy atom. The molecule has 0 aliphatic rings. The molecule has 0 radical (unpaired) electrons. The molecule has 0 fully saturated rings. The number of hydrogen-bond donors (Lipinski definition) is 0. The van der Waals surface area contributed by atoms with E-state index in [4.69, 9.17) is 4.74 Å². The maximum atomic E-state index is 14.3. The molecule has 0 aliphatic heterocycles. The van der Waals surface area contributed by atoms with Crippen molar-refractivity contribution in [3.8, 4) is 0 Å². The minimum absolute atomic E-state index is 0.0701. The zero-order valence-corrected chi connectivity index (χ0v) is 15.9. The molecular weight excluding hydrogens is 428 g/mol. The average Bonchev–Trinajstić information content (AvgIpc) is 3.09. The number of ether oxygens (including phenoxy) is 1.